The third-order valence-corrected chi connectivity index (χ3v) is 4.89. The molecular weight excluding hydrogens is 362 g/mol. The first-order valence-corrected chi connectivity index (χ1v) is 9.12. The maximum Gasteiger partial charge on any atom is 0.235 e. The molecule has 146 valence electrons. The lowest BCUT2D eigenvalue weighted by atomic mass is 10.1. The second kappa shape index (κ2) is 7.09. The van der Waals surface area contributed by atoms with Crippen molar-refractivity contribution in [2.45, 2.75) is 25.9 Å². The van der Waals surface area contributed by atoms with Gasteiger partial charge in [0, 0.05) is 18.7 Å². The number of fused-ring (bicyclic) bond motifs is 1. The summed E-state index contributed by atoms with van der Waals surface area (Å²) >= 11 is 0. The van der Waals surface area contributed by atoms with Gasteiger partial charge in [0.25, 0.3) is 0 Å². The predicted molar refractivity (Wildman–Crippen MR) is 105 cm³/mol. The Morgan fingerprint density at radius 1 is 1.14 bits per heavy atom. The van der Waals surface area contributed by atoms with E-state index in [1.165, 1.54) is 18.2 Å². The number of phenols is 2. The summed E-state index contributed by atoms with van der Waals surface area (Å²) in [5.74, 6) is -1.30. The maximum absolute atomic E-state index is 12.8. The molecule has 0 aliphatic carbocycles. The fraction of sp³-hybridized carbons (Fsp3) is 0.286. The van der Waals surface area contributed by atoms with Gasteiger partial charge in [0.2, 0.25) is 11.2 Å². The summed E-state index contributed by atoms with van der Waals surface area (Å²) in [5, 5.41) is 33.2. The average Bonchev–Trinajstić information content (AvgIpc) is 3.19. The quantitative estimate of drug-likeness (QED) is 0.510. The number of rotatable bonds is 4. The lowest BCUT2D eigenvalue weighted by Crippen LogP contribution is -2.18. The van der Waals surface area contributed by atoms with Crippen molar-refractivity contribution < 1.29 is 24.5 Å². The molecule has 0 saturated carbocycles. The van der Waals surface area contributed by atoms with Crippen LogP contribution in [-0.2, 0) is 4.74 Å². The molecule has 4 N–H and O–H groups in total. The number of anilines is 1. The van der Waals surface area contributed by atoms with Crippen molar-refractivity contribution in [3.05, 3.63) is 46.1 Å². The first-order valence-electron chi connectivity index (χ1n) is 9.12. The number of phenolic OH excluding ortho intramolecular Hbond substituents is 2. The van der Waals surface area contributed by atoms with Gasteiger partial charge < -0.3 is 29.8 Å². The van der Waals surface area contributed by atoms with Gasteiger partial charge >= 0.3 is 0 Å². The zero-order valence-electron chi connectivity index (χ0n) is 15.4. The third-order valence-electron chi connectivity index (χ3n) is 4.89. The minimum atomic E-state index is -0.562. The smallest absolute Gasteiger partial charge is 0.235 e. The van der Waals surface area contributed by atoms with Crippen LogP contribution in [-0.4, -0.2) is 34.6 Å². The van der Waals surface area contributed by atoms with E-state index in [4.69, 9.17) is 9.15 Å². The molecule has 0 spiro atoms. The summed E-state index contributed by atoms with van der Waals surface area (Å²) in [5.41, 5.74) is 1.51. The summed E-state index contributed by atoms with van der Waals surface area (Å²) < 4.78 is 11.5. The van der Waals surface area contributed by atoms with Gasteiger partial charge in [-0.05, 0) is 55.7 Å². The molecule has 7 nitrogen and oxygen atoms in total. The highest BCUT2D eigenvalue weighted by atomic mass is 16.5. The van der Waals surface area contributed by atoms with E-state index in [0.717, 1.165) is 25.0 Å². The van der Waals surface area contributed by atoms with Crippen molar-refractivity contribution in [2.75, 3.05) is 18.5 Å². The molecule has 2 heterocycles. The summed E-state index contributed by atoms with van der Waals surface area (Å²) in [6.07, 6.45) is 2.10. The number of aromatic hydroxyl groups is 3. The van der Waals surface area contributed by atoms with Crippen LogP contribution in [0, 0.1) is 6.92 Å². The molecule has 2 aromatic carbocycles. The van der Waals surface area contributed by atoms with Gasteiger partial charge in [-0.3, -0.25) is 4.79 Å². The number of aryl methyl sites for hydroxylation is 1. The molecule has 28 heavy (non-hydrogen) atoms. The van der Waals surface area contributed by atoms with Gasteiger partial charge in [-0.25, -0.2) is 0 Å². The van der Waals surface area contributed by atoms with Crippen molar-refractivity contribution in [1.82, 2.24) is 0 Å². The fourth-order valence-corrected chi connectivity index (χ4v) is 3.45. The van der Waals surface area contributed by atoms with Crippen LogP contribution in [0.5, 0.6) is 17.2 Å². The van der Waals surface area contributed by atoms with Crippen LogP contribution >= 0.6 is 0 Å². The number of hydrogen-bond donors (Lipinski definition) is 4. The molecule has 0 bridgehead atoms. The molecule has 1 fully saturated rings. The standard InChI is InChI=1S/C21H21NO6/c1-11-7-14-18(25)19(26)20(12-4-5-16(23)17(24)9-12)28-21(14)15(8-11)22-10-13-3-2-6-27-13/h4-5,7-9,13,22-24,26H,2-3,6,10H2,1H3. The molecule has 0 radical (unpaired) electrons. The van der Waals surface area contributed by atoms with E-state index in [1.807, 2.05) is 13.0 Å². The number of benzene rings is 2. The molecule has 1 saturated heterocycles. The molecule has 1 aliphatic rings. The molecular formula is C21H21NO6. The van der Waals surface area contributed by atoms with Gasteiger partial charge in [0.1, 0.15) is 0 Å². The van der Waals surface area contributed by atoms with Crippen LogP contribution in [0.3, 0.4) is 0 Å². The molecule has 3 aromatic rings. The second-order valence-corrected chi connectivity index (χ2v) is 7.02. The van der Waals surface area contributed by atoms with Crippen molar-refractivity contribution in [1.29, 1.82) is 0 Å². The van der Waals surface area contributed by atoms with Gasteiger partial charge in [-0.15, -0.1) is 0 Å². The van der Waals surface area contributed by atoms with Gasteiger partial charge in [0.15, 0.2) is 22.8 Å². The van der Waals surface area contributed by atoms with E-state index in [-0.39, 0.29) is 34.3 Å². The van der Waals surface area contributed by atoms with E-state index >= 15 is 0 Å². The third kappa shape index (κ3) is 3.25. The summed E-state index contributed by atoms with van der Waals surface area (Å²) in [7, 11) is 0. The van der Waals surface area contributed by atoms with Crippen LogP contribution in [0.15, 0.2) is 39.5 Å². The van der Waals surface area contributed by atoms with Crippen LogP contribution in [0.4, 0.5) is 5.69 Å². The normalized spacial score (nSPS) is 16.5. The Kier molecular flexibility index (Phi) is 4.60. The number of hydrogen-bond acceptors (Lipinski definition) is 7. The van der Waals surface area contributed by atoms with Gasteiger partial charge in [-0.2, -0.15) is 0 Å². The largest absolute Gasteiger partial charge is 0.504 e. The first-order chi connectivity index (χ1) is 13.4. The lowest BCUT2D eigenvalue weighted by Gasteiger charge is -2.15. The van der Waals surface area contributed by atoms with Crippen molar-refractivity contribution in [2.24, 2.45) is 0 Å². The molecule has 1 aromatic heterocycles. The zero-order chi connectivity index (χ0) is 19.8. The van der Waals surface area contributed by atoms with E-state index in [0.29, 0.717) is 17.8 Å². The molecule has 7 heteroatoms. The SMILES string of the molecule is Cc1cc(NCC2CCCO2)c2oc(-c3ccc(O)c(O)c3)c(O)c(=O)c2c1. The maximum atomic E-state index is 12.8. The Balaban J connectivity index is 1.84. The summed E-state index contributed by atoms with van der Waals surface area (Å²) in [6.45, 7) is 3.19. The minimum absolute atomic E-state index is 0.0724. The Bertz CT molecular complexity index is 1100. The van der Waals surface area contributed by atoms with E-state index in [2.05, 4.69) is 5.32 Å². The second-order valence-electron chi connectivity index (χ2n) is 7.02. The number of nitrogens with one attached hydrogen (secondary N) is 1. The van der Waals surface area contributed by atoms with E-state index in [1.54, 1.807) is 6.07 Å². The number of ether oxygens (including phenoxy) is 1. The molecule has 0 amide bonds. The van der Waals surface area contributed by atoms with Crippen LogP contribution in [0.25, 0.3) is 22.3 Å². The Labute approximate surface area is 160 Å². The lowest BCUT2D eigenvalue weighted by molar-refractivity contribution is 0.120. The Morgan fingerprint density at radius 3 is 2.68 bits per heavy atom. The predicted octanol–water partition coefficient (Wildman–Crippen LogP) is 3.48. The highest BCUT2D eigenvalue weighted by Crippen LogP contribution is 2.37. The zero-order valence-corrected chi connectivity index (χ0v) is 15.4. The van der Waals surface area contributed by atoms with Crippen LogP contribution < -0.4 is 10.7 Å². The van der Waals surface area contributed by atoms with E-state index in [9.17, 15) is 20.1 Å². The van der Waals surface area contributed by atoms with Crippen molar-refractivity contribution >= 4 is 16.7 Å². The topological polar surface area (TPSA) is 112 Å². The summed E-state index contributed by atoms with van der Waals surface area (Å²) in [4.78, 5) is 12.8. The van der Waals surface area contributed by atoms with Gasteiger partial charge in [-0.1, -0.05) is 0 Å². The Morgan fingerprint density at radius 2 is 1.96 bits per heavy atom. The minimum Gasteiger partial charge on any atom is -0.504 e. The Hall–Kier alpha value is -3.19. The van der Waals surface area contributed by atoms with Crippen molar-refractivity contribution in [3.8, 4) is 28.6 Å². The first kappa shape index (κ1) is 18.2. The van der Waals surface area contributed by atoms with Crippen molar-refractivity contribution in [3.63, 3.8) is 0 Å². The fourth-order valence-electron chi connectivity index (χ4n) is 3.45. The van der Waals surface area contributed by atoms with Crippen LogP contribution in [0.2, 0.25) is 0 Å². The summed E-state index contributed by atoms with van der Waals surface area (Å²) in [6, 6.07) is 7.48. The monoisotopic (exact) mass is 383 g/mol. The highest BCUT2D eigenvalue weighted by molar-refractivity contribution is 5.92. The van der Waals surface area contributed by atoms with E-state index < -0.39 is 11.2 Å². The molecule has 1 aliphatic heterocycles. The molecule has 4 rings (SSSR count). The molecule has 1 unspecified atom stereocenters. The molecule has 1 atom stereocenters. The van der Waals surface area contributed by atoms with Crippen LogP contribution in [0.1, 0.15) is 18.4 Å². The highest BCUT2D eigenvalue weighted by Gasteiger charge is 2.20. The van der Waals surface area contributed by atoms with Gasteiger partial charge in [0.05, 0.1) is 17.2 Å². The average molecular weight is 383 g/mol.